The molecule has 172 valence electrons. The van der Waals surface area contributed by atoms with Crippen LogP contribution in [0, 0.1) is 5.92 Å². The molecule has 0 aromatic carbocycles. The Bertz CT molecular complexity index is 911. The van der Waals surface area contributed by atoms with E-state index >= 15 is 0 Å². The molecule has 1 saturated heterocycles. The Balaban J connectivity index is 1.27. The van der Waals surface area contributed by atoms with Crippen LogP contribution in [-0.4, -0.2) is 59.5 Å². The Morgan fingerprint density at radius 3 is 2.81 bits per heavy atom. The molecule has 1 aliphatic heterocycles. The van der Waals surface area contributed by atoms with Gasteiger partial charge in [0.25, 0.3) is 0 Å². The van der Waals surface area contributed by atoms with Crippen LogP contribution in [0.25, 0.3) is 11.3 Å². The predicted molar refractivity (Wildman–Crippen MR) is 124 cm³/mol. The van der Waals surface area contributed by atoms with Crippen molar-refractivity contribution in [3.05, 3.63) is 28.7 Å². The van der Waals surface area contributed by atoms with Crippen LogP contribution in [0.1, 0.15) is 43.5 Å². The average Bonchev–Trinajstić information content (AvgIpc) is 3.51. The van der Waals surface area contributed by atoms with Gasteiger partial charge in [-0.1, -0.05) is 12.8 Å². The van der Waals surface area contributed by atoms with Crippen molar-refractivity contribution in [1.82, 2.24) is 20.2 Å². The zero-order chi connectivity index (χ0) is 22.3. The van der Waals surface area contributed by atoms with Crippen LogP contribution in [-0.2, 0) is 20.9 Å². The van der Waals surface area contributed by atoms with E-state index in [2.05, 4.69) is 20.6 Å². The van der Waals surface area contributed by atoms with Crippen molar-refractivity contribution in [1.29, 1.82) is 0 Å². The lowest BCUT2D eigenvalue weighted by molar-refractivity contribution is -0.139. The predicted octanol–water partition coefficient (Wildman–Crippen LogP) is 3.06. The molecule has 1 aliphatic carbocycles. The van der Waals surface area contributed by atoms with Crippen molar-refractivity contribution in [2.45, 2.75) is 51.1 Å². The second kappa shape index (κ2) is 10.9. The first-order chi connectivity index (χ1) is 15.6. The molecule has 1 atom stereocenters. The van der Waals surface area contributed by atoms with Gasteiger partial charge in [-0.2, -0.15) is 0 Å². The van der Waals surface area contributed by atoms with Gasteiger partial charge in [-0.05, 0) is 37.8 Å². The summed E-state index contributed by atoms with van der Waals surface area (Å²) >= 11 is 1.53. The average molecular weight is 458 g/mol. The third kappa shape index (κ3) is 5.83. The summed E-state index contributed by atoms with van der Waals surface area (Å²) in [4.78, 5) is 35.6. The van der Waals surface area contributed by atoms with Gasteiger partial charge < -0.3 is 20.3 Å². The van der Waals surface area contributed by atoms with Crippen molar-refractivity contribution in [3.8, 4) is 11.3 Å². The van der Waals surface area contributed by atoms with E-state index in [0.717, 1.165) is 34.9 Å². The molecule has 32 heavy (non-hydrogen) atoms. The minimum absolute atomic E-state index is 0.0272. The molecular weight excluding hydrogens is 426 g/mol. The van der Waals surface area contributed by atoms with E-state index in [1.807, 2.05) is 23.7 Å². The molecule has 3 heterocycles. The Hall–Kier alpha value is -2.52. The van der Waals surface area contributed by atoms with Gasteiger partial charge in [0.1, 0.15) is 17.4 Å². The molecule has 2 fully saturated rings. The fourth-order valence-corrected chi connectivity index (χ4v) is 5.12. The number of nitrogens with one attached hydrogen (secondary N) is 2. The van der Waals surface area contributed by atoms with Gasteiger partial charge in [0.15, 0.2) is 0 Å². The fraction of sp³-hybridized carbons (Fsp3) is 0.565. The fourth-order valence-electron chi connectivity index (χ4n) is 4.37. The van der Waals surface area contributed by atoms with Crippen LogP contribution >= 0.6 is 11.3 Å². The molecular formula is C23H31N5O3S. The van der Waals surface area contributed by atoms with Crippen LogP contribution in [0.4, 0.5) is 5.82 Å². The highest BCUT2D eigenvalue weighted by Gasteiger charge is 2.28. The highest BCUT2D eigenvalue weighted by molar-refractivity contribution is 7.09. The maximum atomic E-state index is 12.6. The van der Waals surface area contributed by atoms with E-state index in [0.29, 0.717) is 25.7 Å². The topological polar surface area (TPSA) is 96.5 Å². The number of anilines is 1. The molecule has 0 unspecified atom stereocenters. The number of thiazole rings is 1. The zero-order valence-corrected chi connectivity index (χ0v) is 19.3. The first kappa shape index (κ1) is 22.7. The Labute approximate surface area is 192 Å². The van der Waals surface area contributed by atoms with Crippen molar-refractivity contribution in [3.63, 3.8) is 0 Å². The van der Waals surface area contributed by atoms with E-state index in [9.17, 15) is 9.59 Å². The van der Waals surface area contributed by atoms with Crippen molar-refractivity contribution in [2.24, 2.45) is 5.92 Å². The molecule has 2 N–H and O–H groups in total. The Morgan fingerprint density at radius 1 is 1.22 bits per heavy atom. The molecule has 0 spiro atoms. The third-order valence-electron chi connectivity index (χ3n) is 6.14. The lowest BCUT2D eigenvalue weighted by atomic mass is 9.97. The van der Waals surface area contributed by atoms with Gasteiger partial charge in [-0.25, -0.2) is 9.97 Å². The van der Waals surface area contributed by atoms with E-state index < -0.39 is 0 Å². The number of ether oxygens (including phenoxy) is 1. The Kier molecular flexibility index (Phi) is 7.70. The number of amides is 2. The van der Waals surface area contributed by atoms with E-state index in [4.69, 9.17) is 4.74 Å². The minimum atomic E-state index is -0.187. The SMILES string of the molecule is COCC(=O)N1CCC[C@H](C(=O)NCc2nc(-c3ccc(NC4CCCC4)nc3)cs2)C1. The smallest absolute Gasteiger partial charge is 0.248 e. The number of nitrogens with zero attached hydrogens (tertiary/aromatic N) is 3. The molecule has 2 aromatic heterocycles. The van der Waals surface area contributed by atoms with Crippen LogP contribution in [0.3, 0.4) is 0 Å². The molecule has 2 aliphatic rings. The first-order valence-electron chi connectivity index (χ1n) is 11.3. The summed E-state index contributed by atoms with van der Waals surface area (Å²) in [7, 11) is 1.51. The Morgan fingerprint density at radius 2 is 2.06 bits per heavy atom. The molecule has 4 rings (SSSR count). The summed E-state index contributed by atoms with van der Waals surface area (Å²) in [5, 5.41) is 9.33. The van der Waals surface area contributed by atoms with Gasteiger partial charge >= 0.3 is 0 Å². The number of carbonyl (C=O) groups excluding carboxylic acids is 2. The summed E-state index contributed by atoms with van der Waals surface area (Å²) < 4.78 is 4.93. The number of carbonyl (C=O) groups is 2. The summed E-state index contributed by atoms with van der Waals surface area (Å²) in [6, 6.07) is 4.58. The van der Waals surface area contributed by atoms with E-state index in [1.54, 1.807) is 4.90 Å². The maximum absolute atomic E-state index is 12.6. The summed E-state index contributed by atoms with van der Waals surface area (Å²) in [6.45, 7) is 1.58. The van der Waals surface area contributed by atoms with Crippen LogP contribution in [0.15, 0.2) is 23.7 Å². The number of aromatic nitrogens is 2. The number of hydrogen-bond acceptors (Lipinski definition) is 7. The summed E-state index contributed by atoms with van der Waals surface area (Å²) in [5.74, 6) is 0.635. The highest BCUT2D eigenvalue weighted by atomic mass is 32.1. The second-order valence-corrected chi connectivity index (χ2v) is 9.46. The standard InChI is InChI=1S/C23H31N5O3S/c1-31-14-22(29)28-10-4-5-17(13-28)23(30)25-12-21-27-19(15-32-21)16-8-9-20(24-11-16)26-18-6-2-3-7-18/h8-9,11,15,17-18H,2-7,10,12-14H2,1H3,(H,24,26)(H,25,30)/t17-/m0/s1. The zero-order valence-electron chi connectivity index (χ0n) is 18.5. The van der Waals surface area contributed by atoms with Gasteiger partial charge in [0.2, 0.25) is 11.8 Å². The monoisotopic (exact) mass is 457 g/mol. The molecule has 2 aromatic rings. The van der Waals surface area contributed by atoms with Crippen LogP contribution < -0.4 is 10.6 Å². The number of likely N-dealkylation sites (tertiary alicyclic amines) is 1. The van der Waals surface area contributed by atoms with Crippen molar-refractivity contribution < 1.29 is 14.3 Å². The normalized spacial score (nSPS) is 19.2. The quantitative estimate of drug-likeness (QED) is 0.632. The molecule has 8 nitrogen and oxygen atoms in total. The number of piperidine rings is 1. The number of methoxy groups -OCH3 is 1. The lowest BCUT2D eigenvalue weighted by Crippen LogP contribution is -2.46. The van der Waals surface area contributed by atoms with Crippen LogP contribution in [0.5, 0.6) is 0 Å². The molecule has 2 amide bonds. The summed E-state index contributed by atoms with van der Waals surface area (Å²) in [5.41, 5.74) is 1.84. The van der Waals surface area contributed by atoms with Gasteiger partial charge in [-0.3, -0.25) is 9.59 Å². The second-order valence-electron chi connectivity index (χ2n) is 8.51. The number of rotatable bonds is 8. The van der Waals surface area contributed by atoms with Gasteiger partial charge in [0, 0.05) is 43.4 Å². The van der Waals surface area contributed by atoms with Gasteiger partial charge in [-0.15, -0.1) is 11.3 Å². The maximum Gasteiger partial charge on any atom is 0.248 e. The van der Waals surface area contributed by atoms with E-state index in [-0.39, 0.29) is 24.3 Å². The summed E-state index contributed by atoms with van der Waals surface area (Å²) in [6.07, 6.45) is 8.48. The third-order valence-corrected chi connectivity index (χ3v) is 6.99. The molecule has 9 heteroatoms. The number of pyridine rings is 1. The van der Waals surface area contributed by atoms with Gasteiger partial charge in [0.05, 0.1) is 18.2 Å². The van der Waals surface area contributed by atoms with Crippen LogP contribution in [0.2, 0.25) is 0 Å². The molecule has 1 saturated carbocycles. The highest BCUT2D eigenvalue weighted by Crippen LogP contribution is 2.25. The largest absolute Gasteiger partial charge is 0.375 e. The minimum Gasteiger partial charge on any atom is -0.375 e. The molecule has 0 bridgehead atoms. The first-order valence-corrected chi connectivity index (χ1v) is 12.2. The number of hydrogen-bond donors (Lipinski definition) is 2. The molecule has 0 radical (unpaired) electrons. The van der Waals surface area contributed by atoms with Crippen molar-refractivity contribution in [2.75, 3.05) is 32.1 Å². The van der Waals surface area contributed by atoms with E-state index in [1.165, 1.54) is 44.1 Å². The van der Waals surface area contributed by atoms with Crippen molar-refractivity contribution >= 4 is 29.0 Å². The lowest BCUT2D eigenvalue weighted by Gasteiger charge is -2.31.